The van der Waals surface area contributed by atoms with Crippen molar-refractivity contribution >= 4 is 49.0 Å². The lowest BCUT2D eigenvalue weighted by atomic mass is 10.2. The van der Waals surface area contributed by atoms with Gasteiger partial charge >= 0.3 is 0 Å². The highest BCUT2D eigenvalue weighted by Gasteiger charge is 2.09. The molecule has 0 saturated heterocycles. The van der Waals surface area contributed by atoms with Crippen LogP contribution in [0.1, 0.15) is 4.88 Å². The maximum Gasteiger partial charge on any atom is 0.142 e. The van der Waals surface area contributed by atoms with E-state index >= 15 is 0 Å². The van der Waals surface area contributed by atoms with Crippen LogP contribution in [0, 0.1) is 12.7 Å². The predicted octanol–water partition coefficient (Wildman–Crippen LogP) is 4.76. The molecular formula is C9H5BrClFS. The molecule has 1 aromatic carbocycles. The molecule has 0 aliphatic rings. The molecule has 0 atom stereocenters. The second-order valence-corrected chi connectivity index (χ2v) is 5.19. The number of aryl methyl sites for hydroxylation is 1. The molecule has 1 aromatic heterocycles. The zero-order chi connectivity index (χ0) is 9.59. The first-order chi connectivity index (χ1) is 6.09. The molecule has 0 radical (unpaired) electrons. The Hall–Kier alpha value is -0.120. The summed E-state index contributed by atoms with van der Waals surface area (Å²) in [6.07, 6.45) is 0. The SMILES string of the molecule is Cc1sc2cc(Cl)c(F)cc2c1Br. The summed E-state index contributed by atoms with van der Waals surface area (Å²) in [7, 11) is 0. The number of fused-ring (bicyclic) bond motifs is 1. The Morgan fingerprint density at radius 3 is 2.85 bits per heavy atom. The molecule has 0 bridgehead atoms. The van der Waals surface area contributed by atoms with Crippen LogP contribution >= 0.6 is 38.9 Å². The third kappa shape index (κ3) is 1.49. The molecule has 0 fully saturated rings. The number of hydrogen-bond donors (Lipinski definition) is 0. The van der Waals surface area contributed by atoms with Gasteiger partial charge in [0.1, 0.15) is 5.82 Å². The fourth-order valence-electron chi connectivity index (χ4n) is 1.18. The minimum absolute atomic E-state index is 0.182. The average molecular weight is 280 g/mol. The summed E-state index contributed by atoms with van der Waals surface area (Å²) in [6.45, 7) is 1.99. The van der Waals surface area contributed by atoms with Crippen LogP contribution in [-0.4, -0.2) is 0 Å². The van der Waals surface area contributed by atoms with Gasteiger partial charge in [-0.25, -0.2) is 4.39 Å². The molecule has 0 amide bonds. The quantitative estimate of drug-likeness (QED) is 0.652. The molecule has 0 spiro atoms. The lowest BCUT2D eigenvalue weighted by molar-refractivity contribution is 0.630. The van der Waals surface area contributed by atoms with Crippen LogP contribution in [0.25, 0.3) is 10.1 Å². The Balaban J connectivity index is 2.89. The zero-order valence-electron chi connectivity index (χ0n) is 6.70. The predicted molar refractivity (Wildman–Crippen MR) is 59.2 cm³/mol. The van der Waals surface area contributed by atoms with Gasteiger partial charge in [-0.05, 0) is 35.0 Å². The van der Waals surface area contributed by atoms with E-state index in [2.05, 4.69) is 15.9 Å². The van der Waals surface area contributed by atoms with Crippen molar-refractivity contribution in [2.75, 3.05) is 0 Å². The van der Waals surface area contributed by atoms with Gasteiger partial charge < -0.3 is 0 Å². The van der Waals surface area contributed by atoms with Crippen molar-refractivity contribution in [3.63, 3.8) is 0 Å². The van der Waals surface area contributed by atoms with Crippen LogP contribution in [0.3, 0.4) is 0 Å². The Morgan fingerprint density at radius 1 is 1.46 bits per heavy atom. The molecule has 0 aliphatic carbocycles. The normalized spacial score (nSPS) is 11.1. The summed E-state index contributed by atoms with van der Waals surface area (Å²) in [4.78, 5) is 1.14. The van der Waals surface area contributed by atoms with Crippen molar-refractivity contribution in [3.8, 4) is 0 Å². The Morgan fingerprint density at radius 2 is 2.15 bits per heavy atom. The molecule has 68 valence electrons. The van der Waals surface area contributed by atoms with E-state index in [1.165, 1.54) is 6.07 Å². The van der Waals surface area contributed by atoms with Gasteiger partial charge in [0.2, 0.25) is 0 Å². The Bertz CT molecular complexity index is 478. The molecule has 2 rings (SSSR count). The molecule has 0 unspecified atom stereocenters. The monoisotopic (exact) mass is 278 g/mol. The first-order valence-corrected chi connectivity index (χ1v) is 5.62. The lowest BCUT2D eigenvalue weighted by Crippen LogP contribution is -1.74. The second-order valence-electron chi connectivity index (χ2n) is 2.73. The van der Waals surface area contributed by atoms with Crippen LogP contribution in [0.15, 0.2) is 16.6 Å². The van der Waals surface area contributed by atoms with Gasteiger partial charge in [-0.15, -0.1) is 11.3 Å². The van der Waals surface area contributed by atoms with Crippen molar-refractivity contribution < 1.29 is 4.39 Å². The van der Waals surface area contributed by atoms with Crippen LogP contribution in [-0.2, 0) is 0 Å². The van der Waals surface area contributed by atoms with E-state index in [0.29, 0.717) is 0 Å². The third-order valence-electron chi connectivity index (χ3n) is 1.83. The standard InChI is InChI=1S/C9H5BrClFS/c1-4-9(10)5-2-7(12)6(11)3-8(5)13-4/h2-3H,1H3. The topological polar surface area (TPSA) is 0 Å². The van der Waals surface area contributed by atoms with Crippen molar-refractivity contribution in [1.29, 1.82) is 0 Å². The molecule has 2 aromatic rings. The summed E-state index contributed by atoms with van der Waals surface area (Å²) in [5.74, 6) is -0.368. The summed E-state index contributed by atoms with van der Waals surface area (Å²) in [5, 5.41) is 1.07. The van der Waals surface area contributed by atoms with Crippen molar-refractivity contribution in [2.24, 2.45) is 0 Å². The second kappa shape index (κ2) is 3.23. The fraction of sp³-hybridized carbons (Fsp3) is 0.111. The smallest absolute Gasteiger partial charge is 0.142 e. The molecule has 1 heterocycles. The first kappa shape index (κ1) is 9.44. The maximum atomic E-state index is 13.1. The molecule has 0 aliphatic heterocycles. The summed E-state index contributed by atoms with van der Waals surface area (Å²) < 4.78 is 15.1. The average Bonchev–Trinajstić information content (AvgIpc) is 2.32. The van der Waals surface area contributed by atoms with Crippen LogP contribution in [0.5, 0.6) is 0 Å². The van der Waals surface area contributed by atoms with E-state index in [-0.39, 0.29) is 10.8 Å². The first-order valence-electron chi connectivity index (χ1n) is 3.63. The van der Waals surface area contributed by atoms with Gasteiger partial charge in [-0.2, -0.15) is 0 Å². The van der Waals surface area contributed by atoms with Gasteiger partial charge in [0, 0.05) is 19.4 Å². The minimum atomic E-state index is -0.368. The number of thiophene rings is 1. The van der Waals surface area contributed by atoms with E-state index < -0.39 is 0 Å². The highest BCUT2D eigenvalue weighted by Crippen LogP contribution is 2.37. The summed E-state index contributed by atoms with van der Waals surface area (Å²) >= 11 is 10.7. The van der Waals surface area contributed by atoms with E-state index in [0.717, 1.165) is 19.4 Å². The van der Waals surface area contributed by atoms with Crippen LogP contribution < -0.4 is 0 Å². The molecule has 0 N–H and O–H groups in total. The van der Waals surface area contributed by atoms with E-state index in [9.17, 15) is 4.39 Å². The van der Waals surface area contributed by atoms with Gasteiger partial charge in [-0.1, -0.05) is 11.6 Å². The molecule has 4 heteroatoms. The third-order valence-corrected chi connectivity index (χ3v) is 4.47. The number of benzene rings is 1. The number of hydrogen-bond acceptors (Lipinski definition) is 1. The zero-order valence-corrected chi connectivity index (χ0v) is 9.86. The molecule has 0 nitrogen and oxygen atoms in total. The Labute approximate surface area is 92.5 Å². The van der Waals surface area contributed by atoms with Gasteiger partial charge in [0.05, 0.1) is 5.02 Å². The largest absolute Gasteiger partial charge is 0.205 e. The highest BCUT2D eigenvalue weighted by molar-refractivity contribution is 9.10. The minimum Gasteiger partial charge on any atom is -0.205 e. The maximum absolute atomic E-state index is 13.1. The van der Waals surface area contributed by atoms with E-state index in [4.69, 9.17) is 11.6 Å². The van der Waals surface area contributed by atoms with Gasteiger partial charge in [0.15, 0.2) is 0 Å². The van der Waals surface area contributed by atoms with Crippen molar-refractivity contribution in [1.82, 2.24) is 0 Å². The van der Waals surface area contributed by atoms with Crippen molar-refractivity contribution in [3.05, 3.63) is 32.3 Å². The van der Waals surface area contributed by atoms with Crippen LogP contribution in [0.4, 0.5) is 4.39 Å². The summed E-state index contributed by atoms with van der Waals surface area (Å²) in [6, 6.07) is 3.12. The van der Waals surface area contributed by atoms with E-state index in [1.54, 1.807) is 17.4 Å². The number of halogens is 3. The van der Waals surface area contributed by atoms with E-state index in [1.807, 2.05) is 6.92 Å². The van der Waals surface area contributed by atoms with Crippen molar-refractivity contribution in [2.45, 2.75) is 6.92 Å². The molecule has 0 saturated carbocycles. The number of rotatable bonds is 0. The molecule has 13 heavy (non-hydrogen) atoms. The molecular weight excluding hydrogens is 275 g/mol. The van der Waals surface area contributed by atoms with Gasteiger partial charge in [-0.3, -0.25) is 0 Å². The summed E-state index contributed by atoms with van der Waals surface area (Å²) in [5.41, 5.74) is 0. The Kier molecular flexibility index (Phi) is 2.34. The van der Waals surface area contributed by atoms with Crippen LogP contribution in [0.2, 0.25) is 5.02 Å². The fourth-order valence-corrected chi connectivity index (χ4v) is 3.09. The lowest BCUT2D eigenvalue weighted by Gasteiger charge is -1.94. The highest BCUT2D eigenvalue weighted by atomic mass is 79.9. The van der Waals surface area contributed by atoms with Gasteiger partial charge in [0.25, 0.3) is 0 Å².